The smallest absolute Gasteiger partial charge is 0.243 e. The predicted octanol–water partition coefficient (Wildman–Crippen LogP) is 3.18. The van der Waals surface area contributed by atoms with E-state index in [1.165, 1.54) is 0 Å². The van der Waals surface area contributed by atoms with E-state index in [0.717, 1.165) is 11.1 Å². The standard InChI is InChI=1S/C20H22N2O2/c1-15(17-9-5-3-6-10-17)21-13-20(24)22(14-19(21)23)16(2)18-11-7-4-8-12-18/h3-12,15-16H,13-14H2,1-2H3/t15-,16-/m1/s1. The second-order valence-corrected chi connectivity index (χ2v) is 6.22. The van der Waals surface area contributed by atoms with Crippen molar-refractivity contribution in [3.8, 4) is 0 Å². The van der Waals surface area contributed by atoms with Gasteiger partial charge in [-0.2, -0.15) is 0 Å². The molecule has 1 aliphatic rings. The predicted molar refractivity (Wildman–Crippen MR) is 93.1 cm³/mol. The molecule has 0 aliphatic carbocycles. The van der Waals surface area contributed by atoms with Crippen LogP contribution in [0.15, 0.2) is 60.7 Å². The van der Waals surface area contributed by atoms with Crippen LogP contribution < -0.4 is 0 Å². The molecule has 2 atom stereocenters. The number of carbonyl (C=O) groups is 2. The molecule has 2 aromatic carbocycles. The number of hydrogen-bond acceptors (Lipinski definition) is 2. The van der Waals surface area contributed by atoms with Crippen LogP contribution in [0.3, 0.4) is 0 Å². The highest BCUT2D eigenvalue weighted by molar-refractivity contribution is 5.93. The van der Waals surface area contributed by atoms with Crippen molar-refractivity contribution in [2.45, 2.75) is 25.9 Å². The summed E-state index contributed by atoms with van der Waals surface area (Å²) in [5.74, 6) is -0.0116. The number of rotatable bonds is 4. The van der Waals surface area contributed by atoms with Gasteiger partial charge >= 0.3 is 0 Å². The van der Waals surface area contributed by atoms with Crippen LogP contribution >= 0.6 is 0 Å². The largest absolute Gasteiger partial charge is 0.325 e. The van der Waals surface area contributed by atoms with Crippen LogP contribution in [0.4, 0.5) is 0 Å². The van der Waals surface area contributed by atoms with Crippen molar-refractivity contribution in [2.24, 2.45) is 0 Å². The van der Waals surface area contributed by atoms with E-state index in [2.05, 4.69) is 0 Å². The molecule has 0 bridgehead atoms. The van der Waals surface area contributed by atoms with Gasteiger partial charge in [0.05, 0.1) is 12.1 Å². The van der Waals surface area contributed by atoms with E-state index in [4.69, 9.17) is 0 Å². The molecular weight excluding hydrogens is 300 g/mol. The summed E-state index contributed by atoms with van der Waals surface area (Å²) in [4.78, 5) is 28.6. The van der Waals surface area contributed by atoms with Gasteiger partial charge in [0.1, 0.15) is 13.1 Å². The number of benzene rings is 2. The SMILES string of the molecule is C[C@H](c1ccccc1)N1CC(=O)N([C@H](C)c2ccccc2)CC1=O. The molecule has 0 unspecified atom stereocenters. The molecule has 1 heterocycles. The van der Waals surface area contributed by atoms with Crippen LogP contribution in [-0.4, -0.2) is 34.7 Å². The van der Waals surface area contributed by atoms with E-state index in [-0.39, 0.29) is 37.0 Å². The van der Waals surface area contributed by atoms with Crippen LogP contribution in [0, 0.1) is 0 Å². The van der Waals surface area contributed by atoms with Crippen LogP contribution in [0.25, 0.3) is 0 Å². The maximum absolute atomic E-state index is 12.6. The third kappa shape index (κ3) is 3.18. The van der Waals surface area contributed by atoms with Crippen LogP contribution in [0.1, 0.15) is 37.1 Å². The van der Waals surface area contributed by atoms with Gasteiger partial charge in [-0.25, -0.2) is 0 Å². The Balaban J connectivity index is 1.75. The Morgan fingerprint density at radius 1 is 0.667 bits per heavy atom. The van der Waals surface area contributed by atoms with E-state index in [0.29, 0.717) is 0 Å². The van der Waals surface area contributed by atoms with Gasteiger partial charge in [-0.1, -0.05) is 60.7 Å². The lowest BCUT2D eigenvalue weighted by Gasteiger charge is -2.40. The Hall–Kier alpha value is -2.62. The van der Waals surface area contributed by atoms with Gasteiger partial charge < -0.3 is 9.80 Å². The molecule has 0 radical (unpaired) electrons. The number of carbonyl (C=O) groups excluding carboxylic acids is 2. The molecule has 0 spiro atoms. The van der Waals surface area contributed by atoms with E-state index < -0.39 is 0 Å². The molecule has 1 aliphatic heterocycles. The minimum atomic E-state index is -0.100. The molecular formula is C20H22N2O2. The number of piperazine rings is 1. The van der Waals surface area contributed by atoms with Crippen LogP contribution in [0.2, 0.25) is 0 Å². The van der Waals surface area contributed by atoms with Gasteiger partial charge in [-0.05, 0) is 25.0 Å². The lowest BCUT2D eigenvalue weighted by atomic mass is 10.0. The summed E-state index contributed by atoms with van der Waals surface area (Å²) in [6.07, 6.45) is 0. The topological polar surface area (TPSA) is 40.6 Å². The second kappa shape index (κ2) is 6.87. The van der Waals surface area contributed by atoms with Crippen molar-refractivity contribution in [3.63, 3.8) is 0 Å². The lowest BCUT2D eigenvalue weighted by molar-refractivity contribution is -0.154. The van der Waals surface area contributed by atoms with Gasteiger partial charge in [0, 0.05) is 0 Å². The second-order valence-electron chi connectivity index (χ2n) is 6.22. The normalized spacial score (nSPS) is 17.8. The van der Waals surface area contributed by atoms with Gasteiger partial charge in [-0.15, -0.1) is 0 Å². The number of amides is 2. The summed E-state index contributed by atoms with van der Waals surface area (Å²) in [5.41, 5.74) is 2.09. The third-order valence-electron chi connectivity index (χ3n) is 4.75. The average Bonchev–Trinajstić information content (AvgIpc) is 2.63. The Kier molecular flexibility index (Phi) is 4.65. The van der Waals surface area contributed by atoms with Crippen molar-refractivity contribution in [3.05, 3.63) is 71.8 Å². The zero-order valence-electron chi connectivity index (χ0n) is 14.1. The summed E-state index contributed by atoms with van der Waals surface area (Å²) in [7, 11) is 0. The van der Waals surface area contributed by atoms with Gasteiger partial charge in [0.15, 0.2) is 0 Å². The molecule has 3 rings (SSSR count). The maximum atomic E-state index is 12.6. The minimum Gasteiger partial charge on any atom is -0.325 e. The highest BCUT2D eigenvalue weighted by Crippen LogP contribution is 2.27. The third-order valence-corrected chi connectivity index (χ3v) is 4.75. The van der Waals surface area contributed by atoms with Crippen molar-refractivity contribution in [2.75, 3.05) is 13.1 Å². The molecule has 2 aromatic rings. The first-order chi connectivity index (χ1) is 11.6. The summed E-state index contributed by atoms with van der Waals surface area (Å²) in [6.45, 7) is 4.20. The van der Waals surface area contributed by atoms with Crippen molar-refractivity contribution in [1.29, 1.82) is 0 Å². The fraction of sp³-hybridized carbons (Fsp3) is 0.300. The van der Waals surface area contributed by atoms with Crippen molar-refractivity contribution >= 4 is 11.8 Å². The first kappa shape index (κ1) is 16.2. The first-order valence-electron chi connectivity index (χ1n) is 8.26. The van der Waals surface area contributed by atoms with Crippen LogP contribution in [0.5, 0.6) is 0 Å². The van der Waals surface area contributed by atoms with Gasteiger partial charge in [0.2, 0.25) is 11.8 Å². The Bertz CT molecular complexity index is 651. The van der Waals surface area contributed by atoms with E-state index >= 15 is 0 Å². The van der Waals surface area contributed by atoms with Gasteiger partial charge in [0.25, 0.3) is 0 Å². The summed E-state index contributed by atoms with van der Waals surface area (Å²) < 4.78 is 0. The zero-order valence-corrected chi connectivity index (χ0v) is 14.1. The highest BCUT2D eigenvalue weighted by Gasteiger charge is 2.35. The molecule has 1 fully saturated rings. The minimum absolute atomic E-state index is 0.00580. The number of nitrogens with zero attached hydrogens (tertiary/aromatic N) is 2. The van der Waals surface area contributed by atoms with Crippen molar-refractivity contribution in [1.82, 2.24) is 9.80 Å². The maximum Gasteiger partial charge on any atom is 0.243 e. The molecule has 0 N–H and O–H groups in total. The molecule has 1 saturated heterocycles. The molecule has 0 saturated carbocycles. The summed E-state index contributed by atoms with van der Waals surface area (Å²) in [5, 5.41) is 0. The zero-order chi connectivity index (χ0) is 17.1. The van der Waals surface area contributed by atoms with E-state index in [9.17, 15) is 9.59 Å². The summed E-state index contributed by atoms with van der Waals surface area (Å²) in [6, 6.07) is 19.4. The average molecular weight is 322 g/mol. The van der Waals surface area contributed by atoms with Crippen LogP contribution in [-0.2, 0) is 9.59 Å². The molecule has 4 nitrogen and oxygen atoms in total. The quantitative estimate of drug-likeness (QED) is 0.867. The lowest BCUT2D eigenvalue weighted by Crippen LogP contribution is -2.54. The van der Waals surface area contributed by atoms with E-state index in [1.807, 2.05) is 74.5 Å². The molecule has 0 aromatic heterocycles. The molecule has 4 heteroatoms. The highest BCUT2D eigenvalue weighted by atomic mass is 16.2. The number of hydrogen-bond donors (Lipinski definition) is 0. The summed E-state index contributed by atoms with van der Waals surface area (Å²) >= 11 is 0. The Morgan fingerprint density at radius 3 is 1.33 bits per heavy atom. The van der Waals surface area contributed by atoms with E-state index in [1.54, 1.807) is 9.80 Å². The monoisotopic (exact) mass is 322 g/mol. The van der Waals surface area contributed by atoms with Gasteiger partial charge in [-0.3, -0.25) is 9.59 Å². The fourth-order valence-electron chi connectivity index (χ4n) is 3.18. The fourth-order valence-corrected chi connectivity index (χ4v) is 3.18. The Labute approximate surface area is 142 Å². The Morgan fingerprint density at radius 2 is 1.00 bits per heavy atom. The molecule has 24 heavy (non-hydrogen) atoms. The first-order valence-corrected chi connectivity index (χ1v) is 8.26. The molecule has 124 valence electrons. The van der Waals surface area contributed by atoms with Crippen molar-refractivity contribution < 1.29 is 9.59 Å². The molecule has 2 amide bonds.